The Hall–Kier alpha value is -2.58. The first-order valence-electron chi connectivity index (χ1n) is 9.82. The molecule has 4 N–H and O–H groups in total. The molecule has 32 heavy (non-hydrogen) atoms. The molecular formula is C23H23Cl2N3O3S. The highest BCUT2D eigenvalue weighted by Crippen LogP contribution is 2.29. The Morgan fingerprint density at radius 3 is 2.22 bits per heavy atom. The molecule has 3 aromatic carbocycles. The molecule has 0 heterocycles. The predicted molar refractivity (Wildman–Crippen MR) is 129 cm³/mol. The minimum Gasteiger partial charge on any atom is -0.331 e. The van der Waals surface area contributed by atoms with Gasteiger partial charge in [-0.3, -0.25) is 0 Å². The molecule has 0 fully saturated rings. The van der Waals surface area contributed by atoms with Gasteiger partial charge < -0.3 is 16.4 Å². The number of nitrogens with two attached hydrogens (primary N) is 1. The third-order valence-electron chi connectivity index (χ3n) is 4.88. The van der Waals surface area contributed by atoms with E-state index >= 15 is 0 Å². The lowest BCUT2D eigenvalue weighted by molar-refractivity contribution is 0.249. The van der Waals surface area contributed by atoms with Crippen LogP contribution in [-0.2, 0) is 22.1 Å². The van der Waals surface area contributed by atoms with E-state index in [0.717, 1.165) is 5.56 Å². The van der Waals surface area contributed by atoms with E-state index in [4.69, 9.17) is 28.9 Å². The largest absolute Gasteiger partial charge is 0.331 e. The second-order valence-corrected chi connectivity index (χ2v) is 10.0. The number of sulfone groups is 1. The molecule has 0 aliphatic rings. The molecule has 0 saturated heterocycles. The molecule has 1 unspecified atom stereocenters. The number of benzene rings is 3. The molecule has 0 saturated carbocycles. The van der Waals surface area contributed by atoms with Crippen LogP contribution in [-0.4, -0.2) is 14.4 Å². The van der Waals surface area contributed by atoms with Gasteiger partial charge in [0.25, 0.3) is 0 Å². The van der Waals surface area contributed by atoms with Crippen LogP contribution in [0.15, 0.2) is 71.6 Å². The molecular weight excluding hydrogens is 469 g/mol. The van der Waals surface area contributed by atoms with Crippen molar-refractivity contribution in [2.45, 2.75) is 30.2 Å². The summed E-state index contributed by atoms with van der Waals surface area (Å²) in [7, 11) is -3.53. The molecule has 1 atom stereocenters. The van der Waals surface area contributed by atoms with Crippen LogP contribution in [0, 0.1) is 0 Å². The highest BCUT2D eigenvalue weighted by atomic mass is 35.5. The second kappa shape index (κ2) is 10.4. The average Bonchev–Trinajstić information content (AvgIpc) is 2.76. The zero-order chi connectivity index (χ0) is 23.3. The van der Waals surface area contributed by atoms with Crippen LogP contribution in [0.2, 0.25) is 10.0 Å². The minimum absolute atomic E-state index is 0.122. The van der Waals surface area contributed by atoms with Gasteiger partial charge in [-0.1, -0.05) is 59.6 Å². The number of rotatable bonds is 7. The first kappa shape index (κ1) is 24.1. The number of carbonyl (C=O) groups excluding carboxylic acids is 1. The van der Waals surface area contributed by atoms with Crippen molar-refractivity contribution in [2.75, 3.05) is 5.32 Å². The van der Waals surface area contributed by atoms with Crippen LogP contribution in [0.25, 0.3) is 0 Å². The molecule has 0 aliphatic heterocycles. The highest BCUT2D eigenvalue weighted by Gasteiger charge is 2.17. The zero-order valence-electron chi connectivity index (χ0n) is 17.3. The Morgan fingerprint density at radius 2 is 1.59 bits per heavy atom. The number of anilines is 1. The van der Waals surface area contributed by atoms with Gasteiger partial charge >= 0.3 is 6.03 Å². The molecule has 3 aromatic rings. The van der Waals surface area contributed by atoms with Crippen molar-refractivity contribution in [3.05, 3.63) is 93.5 Å². The van der Waals surface area contributed by atoms with Crippen LogP contribution in [0.1, 0.15) is 29.7 Å². The van der Waals surface area contributed by atoms with Gasteiger partial charge in [-0.2, -0.15) is 0 Å². The summed E-state index contributed by atoms with van der Waals surface area (Å²) in [6.45, 7) is 2.19. The Balaban J connectivity index is 1.63. The fourth-order valence-corrected chi connectivity index (χ4v) is 4.94. The summed E-state index contributed by atoms with van der Waals surface area (Å²) in [6.07, 6.45) is 0. The standard InChI is InChI=1S/C23H23Cl2N3O3S/c1-15(20-3-2-4-21(24)22(20)25)27-23(29)28-18-9-11-19(12-10-18)32(30,31)14-17-7-5-16(13-26)6-8-17/h2-12,15H,13-14,26H2,1H3,(H2,27,28,29). The van der Waals surface area contributed by atoms with Crippen molar-refractivity contribution < 1.29 is 13.2 Å². The highest BCUT2D eigenvalue weighted by molar-refractivity contribution is 7.90. The first-order valence-corrected chi connectivity index (χ1v) is 12.2. The van der Waals surface area contributed by atoms with Crippen LogP contribution in [0.5, 0.6) is 0 Å². The summed E-state index contributed by atoms with van der Waals surface area (Å²) in [4.78, 5) is 12.5. The van der Waals surface area contributed by atoms with Gasteiger partial charge in [-0.25, -0.2) is 13.2 Å². The quantitative estimate of drug-likeness (QED) is 0.416. The van der Waals surface area contributed by atoms with Crippen molar-refractivity contribution in [3.8, 4) is 0 Å². The van der Waals surface area contributed by atoms with E-state index in [9.17, 15) is 13.2 Å². The summed E-state index contributed by atoms with van der Waals surface area (Å²) in [5.41, 5.74) is 8.33. The minimum atomic E-state index is -3.53. The summed E-state index contributed by atoms with van der Waals surface area (Å²) in [5.74, 6) is -0.122. The van der Waals surface area contributed by atoms with E-state index in [1.165, 1.54) is 12.1 Å². The molecule has 0 radical (unpaired) electrons. The summed E-state index contributed by atoms with van der Waals surface area (Å²) in [5, 5.41) is 6.26. The molecule has 0 bridgehead atoms. The SMILES string of the molecule is CC(NC(=O)Nc1ccc(S(=O)(=O)Cc2ccc(CN)cc2)cc1)c1cccc(Cl)c1Cl. The molecule has 2 amide bonds. The van der Waals surface area contributed by atoms with Crippen LogP contribution < -0.4 is 16.4 Å². The van der Waals surface area contributed by atoms with Crippen molar-refractivity contribution in [1.29, 1.82) is 0 Å². The van der Waals surface area contributed by atoms with Crippen molar-refractivity contribution in [1.82, 2.24) is 5.32 Å². The van der Waals surface area contributed by atoms with Gasteiger partial charge in [0.1, 0.15) is 0 Å². The second-order valence-electron chi connectivity index (χ2n) is 7.27. The van der Waals surface area contributed by atoms with Gasteiger partial charge in [0, 0.05) is 12.2 Å². The number of halogens is 2. The zero-order valence-corrected chi connectivity index (χ0v) is 19.6. The number of carbonyl (C=O) groups is 1. The van der Waals surface area contributed by atoms with E-state index in [1.54, 1.807) is 49.4 Å². The molecule has 6 nitrogen and oxygen atoms in total. The lowest BCUT2D eigenvalue weighted by atomic mass is 10.1. The van der Waals surface area contributed by atoms with E-state index in [1.807, 2.05) is 12.1 Å². The lowest BCUT2D eigenvalue weighted by Gasteiger charge is -2.17. The van der Waals surface area contributed by atoms with Gasteiger partial charge in [0.05, 0.1) is 26.7 Å². The maximum atomic E-state index is 12.7. The third kappa shape index (κ3) is 6.01. The van der Waals surface area contributed by atoms with Gasteiger partial charge in [-0.05, 0) is 53.9 Å². The molecule has 0 aliphatic carbocycles. The molecule has 9 heteroatoms. The fraction of sp³-hybridized carbons (Fsp3) is 0.174. The molecule has 3 rings (SSSR count). The Kier molecular flexibility index (Phi) is 7.79. The molecule has 168 valence electrons. The summed E-state index contributed by atoms with van der Waals surface area (Å²) in [6, 6.07) is 17.5. The van der Waals surface area contributed by atoms with E-state index in [2.05, 4.69) is 10.6 Å². The normalized spacial score (nSPS) is 12.2. The topological polar surface area (TPSA) is 101 Å². The predicted octanol–water partition coefficient (Wildman–Crippen LogP) is 5.31. The average molecular weight is 492 g/mol. The maximum absolute atomic E-state index is 12.7. The monoisotopic (exact) mass is 491 g/mol. The smallest absolute Gasteiger partial charge is 0.319 e. The van der Waals surface area contributed by atoms with Crippen LogP contribution >= 0.6 is 23.2 Å². The van der Waals surface area contributed by atoms with Crippen molar-refractivity contribution in [3.63, 3.8) is 0 Å². The van der Waals surface area contributed by atoms with Crippen LogP contribution in [0.3, 0.4) is 0 Å². The van der Waals surface area contributed by atoms with Gasteiger partial charge in [-0.15, -0.1) is 0 Å². The number of urea groups is 1. The maximum Gasteiger partial charge on any atom is 0.319 e. The van der Waals surface area contributed by atoms with Crippen LogP contribution in [0.4, 0.5) is 10.5 Å². The fourth-order valence-electron chi connectivity index (χ4n) is 3.12. The van der Waals surface area contributed by atoms with E-state index in [0.29, 0.717) is 33.4 Å². The Bertz CT molecular complexity index is 1200. The number of hydrogen-bond acceptors (Lipinski definition) is 4. The summed E-state index contributed by atoms with van der Waals surface area (Å²) < 4.78 is 25.4. The third-order valence-corrected chi connectivity index (χ3v) is 7.42. The Morgan fingerprint density at radius 1 is 0.969 bits per heavy atom. The lowest BCUT2D eigenvalue weighted by Crippen LogP contribution is -2.31. The van der Waals surface area contributed by atoms with Crippen molar-refractivity contribution >= 4 is 44.8 Å². The molecule has 0 aromatic heterocycles. The van der Waals surface area contributed by atoms with E-state index < -0.39 is 15.9 Å². The van der Waals surface area contributed by atoms with Gasteiger partial charge in [0.15, 0.2) is 9.84 Å². The summed E-state index contributed by atoms with van der Waals surface area (Å²) >= 11 is 12.2. The first-order chi connectivity index (χ1) is 15.2. The molecule has 0 spiro atoms. The Labute approximate surface area is 197 Å². The number of amides is 2. The van der Waals surface area contributed by atoms with Gasteiger partial charge in [0.2, 0.25) is 0 Å². The number of nitrogens with one attached hydrogen (secondary N) is 2. The number of hydrogen-bond donors (Lipinski definition) is 3. The van der Waals surface area contributed by atoms with Crippen molar-refractivity contribution in [2.24, 2.45) is 5.73 Å². The van der Waals surface area contributed by atoms with E-state index in [-0.39, 0.29) is 16.7 Å².